The van der Waals surface area contributed by atoms with Crippen LogP contribution in [0.2, 0.25) is 79.2 Å². The van der Waals surface area contributed by atoms with Gasteiger partial charge in [0.2, 0.25) is 0 Å². The average Bonchev–Trinajstić information content (AvgIpc) is 3.34. The highest BCUT2D eigenvalue weighted by atomic mass is 35.5. The number of rotatable bonds is 9. The topological polar surface area (TPSA) is 80.5 Å². The second kappa shape index (κ2) is 12.2. The third kappa shape index (κ3) is 7.64. The number of imidazole rings is 1. The molecule has 3 rings (SSSR count). The molecule has 2 aromatic heterocycles. The number of fused-ring (bicyclic) bond motifs is 1. The fraction of sp³-hybridized carbons (Fsp3) is 0.839. The minimum Gasteiger partial charge on any atom is -0.414 e. The van der Waals surface area contributed by atoms with E-state index in [1.807, 2.05) is 0 Å². The second-order valence-corrected chi connectivity index (χ2v) is 37.8. The van der Waals surface area contributed by atoms with Gasteiger partial charge in [0.05, 0.1) is 12.1 Å². The Morgan fingerprint density at radius 2 is 1.23 bits per heavy atom. The van der Waals surface area contributed by atoms with Gasteiger partial charge in [-0.1, -0.05) is 93.6 Å². The molecule has 0 amide bonds. The van der Waals surface area contributed by atoms with Crippen LogP contribution in [0.25, 0.3) is 11.2 Å². The van der Waals surface area contributed by atoms with Gasteiger partial charge in [0.25, 0.3) is 0 Å². The maximum absolute atomic E-state index is 7.40. The van der Waals surface area contributed by atoms with E-state index in [1.165, 1.54) is 6.33 Å². The fourth-order valence-electron chi connectivity index (χ4n) is 4.51. The number of halogens is 1. The maximum atomic E-state index is 7.40. The first kappa shape index (κ1) is 38.0. The summed E-state index contributed by atoms with van der Waals surface area (Å²) in [6, 6.07) is 0. The summed E-state index contributed by atoms with van der Waals surface area (Å²) >= 11 is 6.63. The van der Waals surface area contributed by atoms with Gasteiger partial charge in [0.15, 0.2) is 42.0 Å². The van der Waals surface area contributed by atoms with Crippen molar-refractivity contribution < 1.29 is 18.0 Å². The van der Waals surface area contributed by atoms with Gasteiger partial charge in [-0.2, -0.15) is 0 Å². The largest absolute Gasteiger partial charge is 0.414 e. The van der Waals surface area contributed by atoms with Crippen molar-refractivity contribution in [3.63, 3.8) is 0 Å². The zero-order valence-electron chi connectivity index (χ0n) is 30.9. The van der Waals surface area contributed by atoms with Crippen LogP contribution in [0.15, 0.2) is 6.33 Å². The summed E-state index contributed by atoms with van der Waals surface area (Å²) in [6.07, 6.45) is -0.0490. The minimum absolute atomic E-state index is 0.00336. The monoisotopic (exact) mass is 700 g/mol. The molecule has 0 aliphatic carbocycles. The lowest BCUT2D eigenvalue weighted by molar-refractivity contribution is -0.0457. The Labute approximate surface area is 276 Å². The molecule has 0 aromatic carbocycles. The van der Waals surface area contributed by atoms with Crippen molar-refractivity contribution in [1.82, 2.24) is 19.5 Å². The van der Waals surface area contributed by atoms with Crippen LogP contribution < -0.4 is 5.45 Å². The van der Waals surface area contributed by atoms with E-state index in [0.29, 0.717) is 22.9 Å². The van der Waals surface area contributed by atoms with E-state index >= 15 is 0 Å². The third-order valence-electron chi connectivity index (χ3n) is 10.5. The summed E-state index contributed by atoms with van der Waals surface area (Å²) < 4.78 is 31.0. The Kier molecular flexibility index (Phi) is 10.5. The standard InChI is InChI=1S/C31H61ClN4O4Si4/c1-29(2,3)42(13,14)37-19-21-23(39-43(15,16)30(4,5)6)24(40-44(17,18)31(7,8)9)27(38-21)36-26-22(25(32)33-20-34-26)35-28(36)41(10,11)12/h20-21,23-24,27H,19H2,1-18H3/t21-,23-,24-,27-/m1/s1. The predicted octanol–water partition coefficient (Wildman–Crippen LogP) is 8.72. The molecule has 1 aliphatic rings. The van der Waals surface area contributed by atoms with Gasteiger partial charge in [-0.05, 0) is 54.4 Å². The SMILES string of the molecule is CC(C)(C)[Si](C)(C)OC[C@H]1O[C@@H](n2c([Si](C)(C)C)nc3c(Cl)ncnc32)[C@H](O[Si](C)(C)C(C)(C)C)[C@@H]1O[Si](C)(C)C(C)(C)C. The van der Waals surface area contributed by atoms with Crippen molar-refractivity contribution in [2.45, 2.75) is 161 Å². The predicted molar refractivity (Wildman–Crippen MR) is 195 cm³/mol. The Morgan fingerprint density at radius 1 is 0.750 bits per heavy atom. The number of aromatic nitrogens is 4. The number of hydrogen-bond donors (Lipinski definition) is 0. The minimum atomic E-state index is -2.31. The number of ether oxygens (including phenoxy) is 1. The quantitative estimate of drug-likeness (QED) is 0.191. The molecule has 0 radical (unpaired) electrons. The molecule has 0 N–H and O–H groups in total. The molecule has 0 unspecified atom stereocenters. The number of hydrogen-bond acceptors (Lipinski definition) is 7. The first-order chi connectivity index (χ1) is 19.5. The van der Waals surface area contributed by atoms with E-state index < -0.39 is 39.3 Å². The zero-order valence-corrected chi connectivity index (χ0v) is 35.6. The highest BCUT2D eigenvalue weighted by Gasteiger charge is 2.56. The first-order valence-corrected chi connectivity index (χ1v) is 28.7. The summed E-state index contributed by atoms with van der Waals surface area (Å²) in [6.45, 7) is 41.6. The van der Waals surface area contributed by atoms with Crippen LogP contribution in [-0.2, 0) is 18.0 Å². The molecular formula is C31H61ClN4O4Si4. The third-order valence-corrected chi connectivity index (χ3v) is 26.0. The van der Waals surface area contributed by atoms with Gasteiger partial charge in [-0.15, -0.1) is 0 Å². The zero-order chi connectivity index (χ0) is 34.1. The van der Waals surface area contributed by atoms with E-state index in [4.69, 9.17) is 39.6 Å². The van der Waals surface area contributed by atoms with Crippen molar-refractivity contribution >= 4 is 61.2 Å². The van der Waals surface area contributed by atoms with Crippen molar-refractivity contribution in [3.05, 3.63) is 11.5 Å². The Balaban J connectivity index is 2.30. The molecule has 3 heterocycles. The molecule has 4 atom stereocenters. The Morgan fingerprint density at radius 3 is 1.68 bits per heavy atom. The summed E-state index contributed by atoms with van der Waals surface area (Å²) in [5, 5.41) is 0.402. The van der Waals surface area contributed by atoms with E-state index in [-0.39, 0.29) is 33.4 Å². The lowest BCUT2D eigenvalue weighted by Crippen LogP contribution is -2.55. The Hall–Kier alpha value is -0.452. The lowest BCUT2D eigenvalue weighted by Gasteiger charge is -2.44. The molecule has 1 fully saturated rings. The van der Waals surface area contributed by atoms with Gasteiger partial charge in [-0.25, -0.2) is 15.0 Å². The fourth-order valence-corrected chi connectivity index (χ4v) is 9.70. The molecule has 252 valence electrons. The molecule has 2 aromatic rings. The van der Waals surface area contributed by atoms with Crippen LogP contribution in [0.3, 0.4) is 0 Å². The van der Waals surface area contributed by atoms with Crippen LogP contribution in [0.5, 0.6) is 0 Å². The van der Waals surface area contributed by atoms with Gasteiger partial charge in [-0.3, -0.25) is 4.57 Å². The van der Waals surface area contributed by atoms with Crippen molar-refractivity contribution in [3.8, 4) is 0 Å². The van der Waals surface area contributed by atoms with Gasteiger partial charge in [0.1, 0.15) is 38.2 Å². The maximum Gasteiger partial charge on any atom is 0.192 e. The molecule has 0 spiro atoms. The molecular weight excluding hydrogens is 640 g/mol. The van der Waals surface area contributed by atoms with Crippen LogP contribution in [0.1, 0.15) is 68.5 Å². The highest BCUT2D eigenvalue weighted by Crippen LogP contribution is 2.47. The molecule has 0 saturated carbocycles. The van der Waals surface area contributed by atoms with E-state index in [9.17, 15) is 0 Å². The molecule has 44 heavy (non-hydrogen) atoms. The molecule has 1 saturated heterocycles. The summed E-state index contributed by atoms with van der Waals surface area (Å²) in [7, 11) is -8.68. The van der Waals surface area contributed by atoms with E-state index in [1.54, 1.807) is 0 Å². The lowest BCUT2D eigenvalue weighted by atomic mass is 10.1. The Bertz CT molecular complexity index is 1320. The summed E-state index contributed by atoms with van der Waals surface area (Å²) in [4.78, 5) is 14.1. The van der Waals surface area contributed by atoms with Crippen molar-refractivity contribution in [1.29, 1.82) is 0 Å². The molecule has 1 aliphatic heterocycles. The normalized spacial score (nSPS) is 23.2. The first-order valence-electron chi connectivity index (χ1n) is 16.1. The molecule has 8 nitrogen and oxygen atoms in total. The van der Waals surface area contributed by atoms with Crippen molar-refractivity contribution in [2.24, 2.45) is 0 Å². The molecule has 0 bridgehead atoms. The van der Waals surface area contributed by atoms with Crippen LogP contribution >= 0.6 is 11.6 Å². The summed E-state index contributed by atoms with van der Waals surface area (Å²) in [5.41, 5.74) is 2.23. The average molecular weight is 702 g/mol. The van der Waals surface area contributed by atoms with Crippen LogP contribution in [0, 0.1) is 0 Å². The van der Waals surface area contributed by atoms with Gasteiger partial charge in [0, 0.05) is 0 Å². The van der Waals surface area contributed by atoms with Gasteiger partial charge >= 0.3 is 0 Å². The van der Waals surface area contributed by atoms with Crippen LogP contribution in [-0.4, -0.2) is 77.5 Å². The smallest absolute Gasteiger partial charge is 0.192 e. The van der Waals surface area contributed by atoms with Crippen molar-refractivity contribution in [2.75, 3.05) is 6.61 Å². The second-order valence-electron chi connectivity index (χ2n) is 18.2. The molecule has 13 heteroatoms. The van der Waals surface area contributed by atoms with E-state index in [2.05, 4.69) is 131 Å². The number of nitrogens with zero attached hydrogens (tertiary/aromatic N) is 4. The summed E-state index contributed by atoms with van der Waals surface area (Å²) in [5.74, 6) is 0. The van der Waals surface area contributed by atoms with Gasteiger partial charge < -0.3 is 18.0 Å². The van der Waals surface area contributed by atoms with E-state index in [0.717, 1.165) is 5.45 Å². The highest BCUT2D eigenvalue weighted by molar-refractivity contribution is 6.87. The van der Waals surface area contributed by atoms with Crippen LogP contribution in [0.4, 0.5) is 0 Å².